The van der Waals surface area contributed by atoms with Crippen molar-refractivity contribution >= 4 is 12.0 Å². The van der Waals surface area contributed by atoms with Crippen LogP contribution in [-0.4, -0.2) is 62.3 Å². The first-order valence-corrected chi connectivity index (χ1v) is 11.1. The van der Waals surface area contributed by atoms with Gasteiger partial charge < -0.3 is 19.6 Å². The zero-order valence-electron chi connectivity index (χ0n) is 18.0. The zero-order valence-corrected chi connectivity index (χ0v) is 18.0. The molecule has 2 aliphatic heterocycles. The largest absolute Gasteiger partial charge is 0.465 e. The summed E-state index contributed by atoms with van der Waals surface area (Å²) in [5.41, 5.74) is 2.92. The minimum absolute atomic E-state index is 0.345. The number of aromatic nitrogens is 4. The van der Waals surface area contributed by atoms with Gasteiger partial charge in [0.15, 0.2) is 0 Å². The number of carbonyl (C=O) groups is 1. The van der Waals surface area contributed by atoms with Crippen LogP contribution in [0.1, 0.15) is 49.4 Å². The number of ether oxygens (including phenoxy) is 1. The number of amides is 1. The van der Waals surface area contributed by atoms with Gasteiger partial charge in [-0.05, 0) is 43.6 Å². The van der Waals surface area contributed by atoms with Crippen LogP contribution in [0.3, 0.4) is 0 Å². The average Bonchev–Trinajstić information content (AvgIpc) is 2.82. The first-order valence-electron chi connectivity index (χ1n) is 11.1. The van der Waals surface area contributed by atoms with Crippen LogP contribution in [0.25, 0.3) is 0 Å². The summed E-state index contributed by atoms with van der Waals surface area (Å²) in [6, 6.07) is 0.394. The van der Waals surface area contributed by atoms with E-state index >= 15 is 0 Å². The molecule has 0 aliphatic carbocycles. The molecule has 166 valence electrons. The lowest BCUT2D eigenvalue weighted by Gasteiger charge is -2.32. The number of aryl methyl sites for hydroxylation is 1. The Morgan fingerprint density at radius 3 is 2.65 bits per heavy atom. The van der Waals surface area contributed by atoms with Crippen LogP contribution in [-0.2, 0) is 19.4 Å². The Labute approximate surface area is 182 Å². The van der Waals surface area contributed by atoms with E-state index in [1.165, 1.54) is 10.5 Å². The number of rotatable bonds is 7. The van der Waals surface area contributed by atoms with E-state index in [4.69, 9.17) is 9.84 Å². The molecule has 2 aromatic heterocycles. The van der Waals surface area contributed by atoms with Crippen molar-refractivity contribution in [1.82, 2.24) is 24.8 Å². The predicted octanol–water partition coefficient (Wildman–Crippen LogP) is 2.94. The van der Waals surface area contributed by atoms with Crippen molar-refractivity contribution in [2.24, 2.45) is 5.92 Å². The highest BCUT2D eigenvalue weighted by Crippen LogP contribution is 2.24. The molecule has 1 fully saturated rings. The molecule has 0 spiro atoms. The highest BCUT2D eigenvalue weighted by Gasteiger charge is 2.23. The number of hydrogen-bond acceptors (Lipinski definition) is 7. The summed E-state index contributed by atoms with van der Waals surface area (Å²) in [5.74, 6) is 1.54. The predicted molar refractivity (Wildman–Crippen MR) is 115 cm³/mol. The van der Waals surface area contributed by atoms with Gasteiger partial charge in [0, 0.05) is 50.2 Å². The van der Waals surface area contributed by atoms with Crippen molar-refractivity contribution in [3.8, 4) is 6.01 Å². The summed E-state index contributed by atoms with van der Waals surface area (Å²) in [4.78, 5) is 32.5. The molecule has 9 nitrogen and oxygen atoms in total. The van der Waals surface area contributed by atoms with Gasteiger partial charge in [-0.25, -0.2) is 19.7 Å². The quantitative estimate of drug-likeness (QED) is 0.674. The SMILES string of the molecule is CCc1cnc(N2CCC(CCCOc3ncc4c(n3)CCN(C(=O)O)C4)CC2)nc1. The monoisotopic (exact) mass is 426 g/mol. The number of fused-ring (bicyclic) bond motifs is 1. The van der Waals surface area contributed by atoms with Crippen LogP contribution in [0, 0.1) is 5.92 Å². The van der Waals surface area contributed by atoms with Crippen LogP contribution in [0.4, 0.5) is 10.7 Å². The highest BCUT2D eigenvalue weighted by molar-refractivity contribution is 5.65. The molecular weight excluding hydrogens is 396 g/mol. The number of piperidine rings is 1. The van der Waals surface area contributed by atoms with Crippen molar-refractivity contribution in [1.29, 1.82) is 0 Å². The third kappa shape index (κ3) is 5.39. The Morgan fingerprint density at radius 2 is 1.94 bits per heavy atom. The first kappa shape index (κ1) is 21.3. The number of carboxylic acid groups (broad SMARTS) is 1. The molecule has 0 unspecified atom stereocenters. The normalized spacial score (nSPS) is 16.8. The molecule has 0 bridgehead atoms. The summed E-state index contributed by atoms with van der Waals surface area (Å²) < 4.78 is 5.77. The summed E-state index contributed by atoms with van der Waals surface area (Å²) in [7, 11) is 0. The van der Waals surface area contributed by atoms with E-state index in [9.17, 15) is 4.79 Å². The Hall–Kier alpha value is -2.97. The smallest absolute Gasteiger partial charge is 0.407 e. The summed E-state index contributed by atoms with van der Waals surface area (Å²) in [5, 5.41) is 9.11. The number of nitrogens with zero attached hydrogens (tertiary/aromatic N) is 6. The molecule has 0 radical (unpaired) electrons. The summed E-state index contributed by atoms with van der Waals surface area (Å²) in [6.07, 6.45) is 10.6. The summed E-state index contributed by atoms with van der Waals surface area (Å²) in [6.45, 7) is 5.52. The lowest BCUT2D eigenvalue weighted by molar-refractivity contribution is 0.139. The third-order valence-corrected chi connectivity index (χ3v) is 6.17. The second-order valence-corrected chi connectivity index (χ2v) is 8.24. The van der Waals surface area contributed by atoms with E-state index in [0.29, 0.717) is 38.0 Å². The minimum Gasteiger partial charge on any atom is -0.465 e. The molecule has 2 aromatic rings. The van der Waals surface area contributed by atoms with Crippen molar-refractivity contribution < 1.29 is 14.6 Å². The molecular formula is C22H30N6O3. The second-order valence-electron chi connectivity index (χ2n) is 8.24. The first-order chi connectivity index (χ1) is 15.1. The molecule has 0 saturated carbocycles. The second kappa shape index (κ2) is 9.89. The van der Waals surface area contributed by atoms with Crippen LogP contribution in [0.2, 0.25) is 0 Å². The number of hydrogen-bond donors (Lipinski definition) is 1. The topological polar surface area (TPSA) is 105 Å². The van der Waals surface area contributed by atoms with Crippen molar-refractivity contribution in [3.63, 3.8) is 0 Å². The van der Waals surface area contributed by atoms with E-state index in [0.717, 1.165) is 62.4 Å². The van der Waals surface area contributed by atoms with Crippen LogP contribution in [0.15, 0.2) is 18.6 Å². The Bertz CT molecular complexity index is 883. The highest BCUT2D eigenvalue weighted by atomic mass is 16.5. The van der Waals surface area contributed by atoms with Gasteiger partial charge in [0.1, 0.15) is 0 Å². The maximum absolute atomic E-state index is 11.1. The maximum atomic E-state index is 11.1. The summed E-state index contributed by atoms with van der Waals surface area (Å²) >= 11 is 0. The zero-order chi connectivity index (χ0) is 21.6. The fourth-order valence-corrected chi connectivity index (χ4v) is 4.18. The van der Waals surface area contributed by atoms with Gasteiger partial charge >= 0.3 is 12.1 Å². The van der Waals surface area contributed by atoms with Crippen molar-refractivity contribution in [2.75, 3.05) is 31.1 Å². The fraction of sp³-hybridized carbons (Fsp3) is 0.591. The van der Waals surface area contributed by atoms with E-state index in [1.807, 2.05) is 12.4 Å². The molecule has 0 aromatic carbocycles. The van der Waals surface area contributed by atoms with Gasteiger partial charge in [-0.1, -0.05) is 6.92 Å². The molecule has 1 N–H and O–H groups in total. The Balaban J connectivity index is 1.17. The van der Waals surface area contributed by atoms with E-state index in [2.05, 4.69) is 31.8 Å². The average molecular weight is 427 g/mol. The molecule has 4 heterocycles. The lowest BCUT2D eigenvalue weighted by atomic mass is 9.92. The standard InChI is InChI=1S/C22H30N6O3/c1-2-16-12-23-20(24-13-16)27-8-5-17(6-9-27)4-3-11-31-21-25-14-18-15-28(22(29)30)10-7-19(18)26-21/h12-14,17H,2-11,15H2,1H3,(H,29,30). The molecule has 1 amide bonds. The van der Waals surface area contributed by atoms with Gasteiger partial charge in [-0.3, -0.25) is 0 Å². The molecule has 2 aliphatic rings. The molecule has 31 heavy (non-hydrogen) atoms. The molecule has 1 saturated heterocycles. The van der Waals surface area contributed by atoms with Gasteiger partial charge in [-0.15, -0.1) is 0 Å². The number of anilines is 1. The van der Waals surface area contributed by atoms with Gasteiger partial charge in [0.25, 0.3) is 0 Å². The molecule has 9 heteroatoms. The van der Waals surface area contributed by atoms with E-state index in [1.54, 1.807) is 6.20 Å². The molecule has 0 atom stereocenters. The van der Waals surface area contributed by atoms with Crippen molar-refractivity contribution in [3.05, 3.63) is 35.4 Å². The van der Waals surface area contributed by atoms with Crippen LogP contribution < -0.4 is 9.64 Å². The van der Waals surface area contributed by atoms with Gasteiger partial charge in [0.2, 0.25) is 5.95 Å². The minimum atomic E-state index is -0.904. The van der Waals surface area contributed by atoms with Crippen LogP contribution >= 0.6 is 0 Å². The van der Waals surface area contributed by atoms with E-state index < -0.39 is 6.09 Å². The third-order valence-electron chi connectivity index (χ3n) is 6.17. The lowest BCUT2D eigenvalue weighted by Crippen LogP contribution is -2.35. The van der Waals surface area contributed by atoms with Crippen LogP contribution in [0.5, 0.6) is 6.01 Å². The maximum Gasteiger partial charge on any atom is 0.407 e. The Kier molecular flexibility index (Phi) is 6.79. The van der Waals surface area contributed by atoms with E-state index in [-0.39, 0.29) is 0 Å². The van der Waals surface area contributed by atoms with Gasteiger partial charge in [-0.2, -0.15) is 4.98 Å². The van der Waals surface area contributed by atoms with Gasteiger partial charge in [0.05, 0.1) is 18.8 Å². The van der Waals surface area contributed by atoms with Crippen molar-refractivity contribution in [2.45, 2.75) is 52.0 Å². The molecule has 4 rings (SSSR count). The fourth-order valence-electron chi connectivity index (χ4n) is 4.18. The Morgan fingerprint density at radius 1 is 1.16 bits per heavy atom.